The molecule has 0 spiro atoms. The Morgan fingerprint density at radius 2 is 2.12 bits per heavy atom. The van der Waals surface area contributed by atoms with E-state index in [1.54, 1.807) is 0 Å². The van der Waals surface area contributed by atoms with Gasteiger partial charge in [-0.3, -0.25) is 0 Å². The Morgan fingerprint density at radius 1 is 1.41 bits per heavy atom. The third kappa shape index (κ3) is 2.45. The number of hydrogen-bond acceptors (Lipinski definition) is 2. The number of amides is 1. The summed E-state index contributed by atoms with van der Waals surface area (Å²) >= 11 is 11.5. The number of rotatable bonds is 1. The minimum Gasteiger partial charge on any atom is -0.443 e. The molecule has 0 bridgehead atoms. The van der Waals surface area contributed by atoms with Gasteiger partial charge in [0.2, 0.25) is 0 Å². The van der Waals surface area contributed by atoms with Crippen molar-refractivity contribution in [3.63, 3.8) is 0 Å². The largest absolute Gasteiger partial charge is 0.443 e. The molecule has 0 aliphatic carbocycles. The summed E-state index contributed by atoms with van der Waals surface area (Å²) in [5.74, 6) is -3.23. The van der Waals surface area contributed by atoms with Gasteiger partial charge in [-0.1, -0.05) is 23.2 Å². The van der Waals surface area contributed by atoms with Crippen LogP contribution in [0.4, 0.5) is 13.6 Å². The van der Waals surface area contributed by atoms with Crippen molar-refractivity contribution in [3.05, 3.63) is 33.8 Å². The van der Waals surface area contributed by atoms with E-state index in [0.29, 0.717) is 0 Å². The van der Waals surface area contributed by atoms with Crippen LogP contribution in [-0.2, 0) is 4.74 Å². The van der Waals surface area contributed by atoms with E-state index in [9.17, 15) is 13.6 Å². The first-order chi connectivity index (χ1) is 7.90. The predicted octanol–water partition coefficient (Wildman–Crippen LogP) is 3.41. The molecular weight excluding hydrogens is 275 g/mol. The van der Waals surface area contributed by atoms with Crippen LogP contribution in [0.25, 0.3) is 0 Å². The van der Waals surface area contributed by atoms with Crippen LogP contribution in [0.3, 0.4) is 0 Å². The molecule has 0 unspecified atom stereocenters. The molecule has 1 heterocycles. The van der Waals surface area contributed by atoms with Crippen molar-refractivity contribution in [2.24, 2.45) is 0 Å². The van der Waals surface area contributed by atoms with E-state index in [-0.39, 0.29) is 15.6 Å². The number of nitrogens with one attached hydrogen (secondary N) is 1. The van der Waals surface area contributed by atoms with Gasteiger partial charge in [0.25, 0.3) is 0 Å². The summed E-state index contributed by atoms with van der Waals surface area (Å²) in [5, 5.41) is 2.41. The van der Waals surface area contributed by atoms with Crippen LogP contribution >= 0.6 is 23.2 Å². The van der Waals surface area contributed by atoms with E-state index in [4.69, 9.17) is 23.2 Å². The molecule has 1 aromatic carbocycles. The third-order valence-electron chi connectivity index (χ3n) is 2.35. The van der Waals surface area contributed by atoms with Crippen LogP contribution in [0.5, 0.6) is 0 Å². The Morgan fingerprint density at radius 3 is 2.82 bits per heavy atom. The molecule has 2 rings (SSSR count). The lowest BCUT2D eigenvalue weighted by Gasteiger charge is -2.32. The summed E-state index contributed by atoms with van der Waals surface area (Å²) in [6.07, 6.45) is -0.906. The summed E-state index contributed by atoms with van der Waals surface area (Å²) in [6, 6.07) is 2.65. The second kappa shape index (κ2) is 4.31. The van der Waals surface area contributed by atoms with Gasteiger partial charge in [-0.2, -0.15) is 0 Å². The Balaban J connectivity index is 2.42. The van der Waals surface area contributed by atoms with Crippen LogP contribution in [-0.4, -0.2) is 18.6 Å². The number of hydrogen-bond donors (Lipinski definition) is 1. The SMILES string of the molecule is O=C1N[C@H](c2cc(Cl)ccc2Cl)C(F)(F)CO1. The molecule has 1 fully saturated rings. The first kappa shape index (κ1) is 12.4. The predicted molar refractivity (Wildman–Crippen MR) is 58.6 cm³/mol. The maximum atomic E-state index is 13.6. The normalized spacial score (nSPS) is 22.8. The van der Waals surface area contributed by atoms with Crippen LogP contribution in [0.15, 0.2) is 18.2 Å². The Labute approximate surface area is 106 Å². The van der Waals surface area contributed by atoms with Gasteiger partial charge in [0.05, 0.1) is 0 Å². The molecule has 0 aromatic heterocycles. The molecule has 1 amide bonds. The molecule has 3 nitrogen and oxygen atoms in total. The maximum Gasteiger partial charge on any atom is 0.408 e. The average Bonchev–Trinajstić information content (AvgIpc) is 2.26. The lowest BCUT2D eigenvalue weighted by molar-refractivity contribution is -0.104. The highest BCUT2D eigenvalue weighted by Gasteiger charge is 2.47. The molecule has 1 atom stereocenters. The second-order valence-electron chi connectivity index (χ2n) is 3.58. The fourth-order valence-electron chi connectivity index (χ4n) is 1.55. The number of halogens is 4. The lowest BCUT2D eigenvalue weighted by Crippen LogP contribution is -2.49. The van der Waals surface area contributed by atoms with Crippen molar-refractivity contribution in [2.45, 2.75) is 12.0 Å². The van der Waals surface area contributed by atoms with Crippen LogP contribution in [0, 0.1) is 0 Å². The Bertz CT molecular complexity index is 468. The van der Waals surface area contributed by atoms with Gasteiger partial charge >= 0.3 is 12.0 Å². The summed E-state index contributed by atoms with van der Waals surface area (Å²) in [7, 11) is 0. The second-order valence-corrected chi connectivity index (χ2v) is 4.42. The summed E-state index contributed by atoms with van der Waals surface area (Å²) in [5.41, 5.74) is 0.0702. The number of alkyl halides is 2. The standard InChI is InChI=1S/C10H7Cl2F2NO2/c11-5-1-2-7(12)6(3-5)8-10(13,14)4-17-9(16)15-8/h1-3,8H,4H2,(H,15,16)/t8-/m1/s1. The van der Waals surface area contributed by atoms with Crippen molar-refractivity contribution >= 4 is 29.3 Å². The number of carbonyl (C=O) groups is 1. The number of ether oxygens (including phenoxy) is 1. The molecule has 1 aliphatic heterocycles. The highest BCUT2D eigenvalue weighted by Crippen LogP contribution is 2.38. The Hall–Kier alpha value is -1.07. The highest BCUT2D eigenvalue weighted by molar-refractivity contribution is 6.33. The van der Waals surface area contributed by atoms with Gasteiger partial charge in [0, 0.05) is 15.6 Å². The van der Waals surface area contributed by atoms with Crippen LogP contribution in [0.1, 0.15) is 11.6 Å². The van der Waals surface area contributed by atoms with Crippen LogP contribution < -0.4 is 5.32 Å². The highest BCUT2D eigenvalue weighted by atomic mass is 35.5. The lowest BCUT2D eigenvalue weighted by atomic mass is 10.00. The van der Waals surface area contributed by atoms with Crippen molar-refractivity contribution in [1.82, 2.24) is 5.32 Å². The van der Waals surface area contributed by atoms with Gasteiger partial charge in [0.15, 0.2) is 6.61 Å². The summed E-state index contributed by atoms with van der Waals surface area (Å²) < 4.78 is 31.4. The number of alkyl carbamates (subject to hydrolysis) is 1. The molecule has 1 N–H and O–H groups in total. The van der Waals surface area contributed by atoms with Crippen LogP contribution in [0.2, 0.25) is 10.0 Å². The van der Waals surface area contributed by atoms with Crippen molar-refractivity contribution in [2.75, 3.05) is 6.61 Å². The number of benzene rings is 1. The van der Waals surface area contributed by atoms with Crippen molar-refractivity contribution in [3.8, 4) is 0 Å². The average molecular weight is 282 g/mol. The number of cyclic esters (lactones) is 1. The third-order valence-corrected chi connectivity index (χ3v) is 2.93. The summed E-state index contributed by atoms with van der Waals surface area (Å²) in [4.78, 5) is 11.0. The fourth-order valence-corrected chi connectivity index (χ4v) is 1.96. The topological polar surface area (TPSA) is 38.3 Å². The van der Waals surface area contributed by atoms with Crippen molar-refractivity contribution in [1.29, 1.82) is 0 Å². The zero-order valence-corrected chi connectivity index (χ0v) is 9.86. The van der Waals surface area contributed by atoms with E-state index < -0.39 is 24.7 Å². The smallest absolute Gasteiger partial charge is 0.408 e. The quantitative estimate of drug-likeness (QED) is 0.857. The van der Waals surface area contributed by atoms with E-state index in [1.807, 2.05) is 5.32 Å². The fraction of sp³-hybridized carbons (Fsp3) is 0.300. The monoisotopic (exact) mass is 281 g/mol. The Kier molecular flexibility index (Phi) is 3.14. The molecule has 1 saturated heterocycles. The molecule has 1 aromatic rings. The zero-order chi connectivity index (χ0) is 12.6. The number of carbonyl (C=O) groups excluding carboxylic acids is 1. The maximum absolute atomic E-state index is 13.6. The minimum absolute atomic E-state index is 0.0702. The molecule has 0 saturated carbocycles. The van der Waals surface area contributed by atoms with E-state index >= 15 is 0 Å². The van der Waals surface area contributed by atoms with Crippen molar-refractivity contribution < 1.29 is 18.3 Å². The van der Waals surface area contributed by atoms with Gasteiger partial charge in [-0.25, -0.2) is 13.6 Å². The molecule has 1 aliphatic rings. The molecular formula is C10H7Cl2F2NO2. The first-order valence-electron chi connectivity index (χ1n) is 4.66. The first-order valence-corrected chi connectivity index (χ1v) is 5.42. The molecule has 17 heavy (non-hydrogen) atoms. The van der Waals surface area contributed by atoms with E-state index in [1.165, 1.54) is 18.2 Å². The molecule has 0 radical (unpaired) electrons. The van der Waals surface area contributed by atoms with Gasteiger partial charge in [-0.15, -0.1) is 0 Å². The zero-order valence-electron chi connectivity index (χ0n) is 8.34. The van der Waals surface area contributed by atoms with E-state index in [0.717, 1.165) is 0 Å². The van der Waals surface area contributed by atoms with Gasteiger partial charge < -0.3 is 10.1 Å². The molecule has 92 valence electrons. The summed E-state index contributed by atoms with van der Waals surface area (Å²) in [6.45, 7) is -0.980. The van der Waals surface area contributed by atoms with E-state index in [2.05, 4.69) is 4.74 Å². The van der Waals surface area contributed by atoms with Gasteiger partial charge in [-0.05, 0) is 18.2 Å². The minimum atomic E-state index is -3.23. The molecule has 7 heteroatoms. The van der Waals surface area contributed by atoms with Gasteiger partial charge in [0.1, 0.15) is 6.04 Å².